The van der Waals surface area contributed by atoms with Crippen molar-refractivity contribution in [1.29, 1.82) is 0 Å². The third-order valence-electron chi connectivity index (χ3n) is 5.73. The molecular weight excluding hydrogens is 268 g/mol. The van der Waals surface area contributed by atoms with E-state index in [4.69, 9.17) is 0 Å². The highest BCUT2D eigenvalue weighted by Crippen LogP contribution is 2.41. The number of carboxylic acids is 1. The van der Waals surface area contributed by atoms with Crippen LogP contribution in [0.3, 0.4) is 0 Å². The van der Waals surface area contributed by atoms with Gasteiger partial charge in [-0.2, -0.15) is 0 Å². The molecule has 2 aliphatic heterocycles. The standard InChI is InChI=1S/C16H26N2O3/c1-16(2)8-5-9-17(16)15(21)18-12-7-4-3-6-11(12)10-13(18)14(19)20/h11-13H,3-10H2,1-2H3,(H,19,20). The van der Waals surface area contributed by atoms with E-state index in [1.807, 2.05) is 4.90 Å². The number of rotatable bonds is 1. The summed E-state index contributed by atoms with van der Waals surface area (Å²) in [6.07, 6.45) is 6.97. The van der Waals surface area contributed by atoms with Gasteiger partial charge in [-0.1, -0.05) is 12.8 Å². The van der Waals surface area contributed by atoms with Gasteiger partial charge in [-0.15, -0.1) is 0 Å². The molecule has 118 valence electrons. The lowest BCUT2D eigenvalue weighted by molar-refractivity contribution is -0.141. The Morgan fingerprint density at radius 2 is 1.86 bits per heavy atom. The maximum Gasteiger partial charge on any atom is 0.326 e. The molecule has 0 bridgehead atoms. The Morgan fingerprint density at radius 1 is 1.14 bits per heavy atom. The number of amides is 2. The molecule has 5 heteroatoms. The SMILES string of the molecule is CC1(C)CCCN1C(=O)N1C(C(=O)O)CC2CCCCC21. The first kappa shape index (κ1) is 14.7. The number of urea groups is 1. The molecule has 1 N–H and O–H groups in total. The van der Waals surface area contributed by atoms with E-state index in [-0.39, 0.29) is 17.6 Å². The van der Waals surface area contributed by atoms with E-state index in [2.05, 4.69) is 13.8 Å². The Morgan fingerprint density at radius 3 is 2.48 bits per heavy atom. The summed E-state index contributed by atoms with van der Waals surface area (Å²) >= 11 is 0. The van der Waals surface area contributed by atoms with Crippen LogP contribution in [0.25, 0.3) is 0 Å². The molecule has 3 fully saturated rings. The van der Waals surface area contributed by atoms with Crippen LogP contribution in [0.5, 0.6) is 0 Å². The predicted octanol–water partition coefficient (Wildman–Crippen LogP) is 2.70. The average molecular weight is 294 g/mol. The fraction of sp³-hybridized carbons (Fsp3) is 0.875. The number of hydrogen-bond acceptors (Lipinski definition) is 2. The lowest BCUT2D eigenvalue weighted by atomic mass is 9.85. The highest BCUT2D eigenvalue weighted by Gasteiger charge is 2.50. The summed E-state index contributed by atoms with van der Waals surface area (Å²) in [4.78, 5) is 28.3. The van der Waals surface area contributed by atoms with E-state index in [0.29, 0.717) is 12.3 Å². The van der Waals surface area contributed by atoms with Gasteiger partial charge in [0.2, 0.25) is 0 Å². The predicted molar refractivity (Wildman–Crippen MR) is 79.0 cm³/mol. The molecule has 0 spiro atoms. The Bertz CT molecular complexity index is 449. The first-order valence-corrected chi connectivity index (χ1v) is 8.24. The third-order valence-corrected chi connectivity index (χ3v) is 5.73. The summed E-state index contributed by atoms with van der Waals surface area (Å²) in [7, 11) is 0. The van der Waals surface area contributed by atoms with Gasteiger partial charge in [-0.25, -0.2) is 9.59 Å². The van der Waals surface area contributed by atoms with Crippen LogP contribution >= 0.6 is 0 Å². The first-order chi connectivity index (χ1) is 9.92. The fourth-order valence-electron chi connectivity index (χ4n) is 4.56. The van der Waals surface area contributed by atoms with Crippen LogP contribution in [0.1, 0.15) is 58.8 Å². The summed E-state index contributed by atoms with van der Waals surface area (Å²) in [5, 5.41) is 9.54. The molecule has 2 heterocycles. The summed E-state index contributed by atoms with van der Waals surface area (Å²) in [6, 6.07) is -0.523. The molecular formula is C16H26N2O3. The van der Waals surface area contributed by atoms with Crippen LogP contribution in [0.15, 0.2) is 0 Å². The highest BCUT2D eigenvalue weighted by atomic mass is 16.4. The molecule has 0 radical (unpaired) electrons. The van der Waals surface area contributed by atoms with Crippen LogP contribution in [-0.4, -0.2) is 51.1 Å². The second-order valence-electron chi connectivity index (χ2n) is 7.46. The Balaban J connectivity index is 1.86. The normalized spacial score (nSPS) is 34.9. The molecule has 5 nitrogen and oxygen atoms in total. The van der Waals surface area contributed by atoms with Crippen molar-refractivity contribution in [3.63, 3.8) is 0 Å². The zero-order chi connectivity index (χ0) is 15.2. The largest absolute Gasteiger partial charge is 0.480 e. The van der Waals surface area contributed by atoms with Crippen molar-refractivity contribution in [2.75, 3.05) is 6.54 Å². The minimum Gasteiger partial charge on any atom is -0.480 e. The minimum absolute atomic E-state index is 0.0423. The van der Waals surface area contributed by atoms with Crippen LogP contribution < -0.4 is 0 Å². The van der Waals surface area contributed by atoms with Crippen molar-refractivity contribution < 1.29 is 14.7 Å². The molecule has 1 aliphatic carbocycles. The Labute approximate surface area is 126 Å². The van der Waals surface area contributed by atoms with Gasteiger partial charge < -0.3 is 14.9 Å². The summed E-state index contributed by atoms with van der Waals surface area (Å²) in [5.41, 5.74) is -0.146. The molecule has 21 heavy (non-hydrogen) atoms. The van der Waals surface area contributed by atoms with E-state index in [1.165, 1.54) is 6.42 Å². The second kappa shape index (κ2) is 5.18. The number of nitrogens with zero attached hydrogens (tertiary/aromatic N) is 2. The molecule has 2 amide bonds. The molecule has 2 saturated heterocycles. The van der Waals surface area contributed by atoms with Crippen molar-refractivity contribution in [2.24, 2.45) is 5.92 Å². The topological polar surface area (TPSA) is 60.9 Å². The quantitative estimate of drug-likeness (QED) is 0.809. The van der Waals surface area contributed by atoms with Crippen LogP contribution in [0, 0.1) is 5.92 Å². The number of fused-ring (bicyclic) bond motifs is 1. The van der Waals surface area contributed by atoms with E-state index >= 15 is 0 Å². The monoisotopic (exact) mass is 294 g/mol. The van der Waals surface area contributed by atoms with Crippen LogP contribution in [0.4, 0.5) is 4.79 Å². The van der Waals surface area contributed by atoms with Gasteiger partial charge in [-0.3, -0.25) is 0 Å². The number of likely N-dealkylation sites (tertiary alicyclic amines) is 2. The third kappa shape index (κ3) is 2.40. The lowest BCUT2D eigenvalue weighted by Gasteiger charge is -2.40. The maximum absolute atomic E-state index is 13.0. The number of carboxylic acid groups (broad SMARTS) is 1. The van der Waals surface area contributed by atoms with Gasteiger partial charge in [0.05, 0.1) is 0 Å². The average Bonchev–Trinajstić information content (AvgIpc) is 2.98. The van der Waals surface area contributed by atoms with Crippen molar-refractivity contribution in [3.05, 3.63) is 0 Å². The Kier molecular flexibility index (Phi) is 3.62. The van der Waals surface area contributed by atoms with Crippen molar-refractivity contribution in [1.82, 2.24) is 9.80 Å². The van der Waals surface area contributed by atoms with Crippen molar-refractivity contribution in [3.8, 4) is 0 Å². The number of hydrogen-bond donors (Lipinski definition) is 1. The van der Waals surface area contributed by atoms with E-state index < -0.39 is 12.0 Å². The van der Waals surface area contributed by atoms with Gasteiger partial charge in [0, 0.05) is 18.1 Å². The van der Waals surface area contributed by atoms with Gasteiger partial charge in [-0.05, 0) is 51.9 Å². The van der Waals surface area contributed by atoms with E-state index in [9.17, 15) is 14.7 Å². The number of carbonyl (C=O) groups excluding carboxylic acids is 1. The van der Waals surface area contributed by atoms with Crippen molar-refractivity contribution >= 4 is 12.0 Å². The second-order valence-corrected chi connectivity index (χ2v) is 7.46. The molecule has 1 saturated carbocycles. The van der Waals surface area contributed by atoms with E-state index in [0.717, 1.165) is 38.6 Å². The smallest absolute Gasteiger partial charge is 0.326 e. The lowest BCUT2D eigenvalue weighted by Crippen LogP contribution is -2.55. The first-order valence-electron chi connectivity index (χ1n) is 8.24. The van der Waals surface area contributed by atoms with Crippen LogP contribution in [-0.2, 0) is 4.79 Å². The van der Waals surface area contributed by atoms with Gasteiger partial charge >= 0.3 is 12.0 Å². The highest BCUT2D eigenvalue weighted by molar-refractivity contribution is 5.84. The fourth-order valence-corrected chi connectivity index (χ4v) is 4.56. The number of carbonyl (C=O) groups is 2. The summed E-state index contributed by atoms with van der Waals surface area (Å²) < 4.78 is 0. The van der Waals surface area contributed by atoms with Gasteiger partial charge in [0.15, 0.2) is 0 Å². The van der Waals surface area contributed by atoms with Gasteiger partial charge in [0.25, 0.3) is 0 Å². The number of aliphatic carboxylic acids is 1. The van der Waals surface area contributed by atoms with Gasteiger partial charge in [0.1, 0.15) is 6.04 Å². The van der Waals surface area contributed by atoms with Crippen LogP contribution in [0.2, 0.25) is 0 Å². The van der Waals surface area contributed by atoms with E-state index in [1.54, 1.807) is 4.90 Å². The molecule has 0 aromatic rings. The molecule has 3 unspecified atom stereocenters. The zero-order valence-electron chi connectivity index (χ0n) is 13.0. The molecule has 0 aromatic carbocycles. The molecule has 3 rings (SSSR count). The maximum atomic E-state index is 13.0. The molecule has 3 aliphatic rings. The summed E-state index contributed by atoms with van der Waals surface area (Å²) in [5.74, 6) is -0.454. The molecule has 0 aromatic heterocycles. The minimum atomic E-state index is -0.838. The zero-order valence-corrected chi connectivity index (χ0v) is 13.0. The van der Waals surface area contributed by atoms with Crippen molar-refractivity contribution in [2.45, 2.75) is 76.4 Å². The summed E-state index contributed by atoms with van der Waals surface area (Å²) in [6.45, 7) is 4.93. The Hall–Kier alpha value is -1.26. The molecule has 3 atom stereocenters.